The fourth-order valence-electron chi connectivity index (χ4n) is 0.476. The van der Waals surface area contributed by atoms with Gasteiger partial charge in [0.25, 0.3) is 0 Å². The van der Waals surface area contributed by atoms with Crippen molar-refractivity contribution < 1.29 is 0 Å². The van der Waals surface area contributed by atoms with E-state index in [4.69, 9.17) is 11.6 Å². The van der Waals surface area contributed by atoms with Gasteiger partial charge < -0.3 is 0 Å². The molecule has 0 saturated heterocycles. The molecule has 0 aliphatic rings. The third-order valence-corrected chi connectivity index (χ3v) is 2.12. The van der Waals surface area contributed by atoms with Crippen LogP contribution in [0.1, 0.15) is 0 Å². The number of hydrogen-bond donors (Lipinski definition) is 0. The van der Waals surface area contributed by atoms with E-state index in [-0.39, 0.29) is 0 Å². The van der Waals surface area contributed by atoms with Crippen molar-refractivity contribution in [2.24, 2.45) is 0 Å². The van der Waals surface area contributed by atoms with Crippen molar-refractivity contribution in [2.75, 3.05) is 0 Å². The molecule has 0 atom stereocenters. The first kappa shape index (κ1) is 6.51. The van der Waals surface area contributed by atoms with Gasteiger partial charge in [-0.1, -0.05) is 0 Å². The summed E-state index contributed by atoms with van der Waals surface area (Å²) in [5, 5.41) is 0.838. The number of hydrogen-bond acceptors (Lipinski definition) is 0. The summed E-state index contributed by atoms with van der Waals surface area (Å²) in [7, 11) is 0. The molecule has 0 aliphatic heterocycles. The molecule has 8 heavy (non-hydrogen) atoms. The molecule has 2 heteroatoms. The minimum atomic E-state index is 0.838. The Morgan fingerprint density at radius 2 is 2.12 bits per heavy atom. The van der Waals surface area contributed by atoms with Gasteiger partial charge in [0.1, 0.15) is 0 Å². The molecule has 0 saturated carbocycles. The van der Waals surface area contributed by atoms with Gasteiger partial charge in [-0.15, -0.1) is 0 Å². The van der Waals surface area contributed by atoms with Gasteiger partial charge in [-0.05, 0) is 0 Å². The summed E-state index contributed by atoms with van der Waals surface area (Å²) in [6.07, 6.45) is 0. The van der Waals surface area contributed by atoms with Crippen LogP contribution < -0.4 is 3.27 Å². The van der Waals surface area contributed by atoms with E-state index in [1.807, 2.05) is 18.2 Å². The summed E-state index contributed by atoms with van der Waals surface area (Å²) in [5.74, 6) is 0. The van der Waals surface area contributed by atoms with Crippen molar-refractivity contribution in [3.63, 3.8) is 0 Å². The first-order valence-corrected chi connectivity index (χ1v) is 4.35. The Balaban J connectivity index is 3.08. The standard InChI is InChI=1S/C6H4Cl.Bi/c7-6-4-2-1-3-5-6;/h1-2,4-5H;. The molecule has 1 rings (SSSR count). The van der Waals surface area contributed by atoms with Gasteiger partial charge in [-0.25, -0.2) is 0 Å². The van der Waals surface area contributed by atoms with Gasteiger partial charge in [-0.2, -0.15) is 0 Å². The Morgan fingerprint density at radius 1 is 1.38 bits per heavy atom. The first-order valence-electron chi connectivity index (χ1n) is 2.23. The summed E-state index contributed by atoms with van der Waals surface area (Å²) < 4.78 is 1.32. The predicted molar refractivity (Wildman–Crippen MR) is 36.8 cm³/mol. The van der Waals surface area contributed by atoms with Crippen molar-refractivity contribution in [3.8, 4) is 0 Å². The Bertz CT molecular complexity index is 168. The molecule has 0 nitrogen and oxygen atoms in total. The van der Waals surface area contributed by atoms with Crippen LogP contribution in [-0.4, -0.2) is 24.7 Å². The van der Waals surface area contributed by atoms with Crippen LogP contribution in [0, 0.1) is 0 Å². The summed E-state index contributed by atoms with van der Waals surface area (Å²) in [6.45, 7) is 0. The Kier molecular flexibility index (Phi) is 2.28. The Labute approximate surface area is 68.7 Å². The summed E-state index contributed by atoms with van der Waals surface area (Å²) in [4.78, 5) is 0. The molecule has 0 fully saturated rings. The van der Waals surface area contributed by atoms with Crippen molar-refractivity contribution in [1.82, 2.24) is 0 Å². The third-order valence-electron chi connectivity index (χ3n) is 0.808. The molecule has 0 aliphatic carbocycles. The van der Waals surface area contributed by atoms with E-state index in [2.05, 4.69) is 6.07 Å². The number of rotatable bonds is 0. The van der Waals surface area contributed by atoms with Crippen molar-refractivity contribution in [1.29, 1.82) is 0 Å². The number of halogens is 1. The minimum absolute atomic E-state index is 0.838. The molecule has 1 aromatic carbocycles. The van der Waals surface area contributed by atoms with Gasteiger partial charge in [0.05, 0.1) is 0 Å². The Hall–Kier alpha value is 0.393. The summed E-state index contributed by atoms with van der Waals surface area (Å²) in [6, 6.07) is 7.91. The van der Waals surface area contributed by atoms with Crippen LogP contribution in [0.5, 0.6) is 0 Å². The maximum atomic E-state index is 5.66. The van der Waals surface area contributed by atoms with E-state index < -0.39 is 0 Å². The zero-order valence-electron chi connectivity index (χ0n) is 4.13. The monoisotopic (exact) mass is 320 g/mol. The first-order chi connectivity index (χ1) is 3.79. The second-order valence-electron chi connectivity index (χ2n) is 1.48. The zero-order valence-corrected chi connectivity index (χ0v) is 8.37. The SMILES string of the molecule is Clc1ccc[c]([Bi])c1. The fourth-order valence-corrected chi connectivity index (χ4v) is 1.85. The van der Waals surface area contributed by atoms with Crippen LogP contribution in [-0.2, 0) is 0 Å². The van der Waals surface area contributed by atoms with Crippen LogP contribution in [0.4, 0.5) is 0 Å². The molecule has 0 N–H and O–H groups in total. The van der Waals surface area contributed by atoms with Gasteiger partial charge in [0, 0.05) is 0 Å². The predicted octanol–water partition coefficient (Wildman–Crippen LogP) is 1.13. The quantitative estimate of drug-likeness (QED) is 0.629. The normalized spacial score (nSPS) is 9.25. The van der Waals surface area contributed by atoms with E-state index >= 15 is 0 Å². The van der Waals surface area contributed by atoms with Crippen molar-refractivity contribution in [2.45, 2.75) is 0 Å². The third kappa shape index (κ3) is 1.72. The van der Waals surface area contributed by atoms with Gasteiger partial charge in [0.15, 0.2) is 0 Å². The van der Waals surface area contributed by atoms with Crippen molar-refractivity contribution >= 4 is 39.6 Å². The van der Waals surface area contributed by atoms with E-state index in [1.165, 1.54) is 28.0 Å². The molecule has 1 aromatic rings. The zero-order chi connectivity index (χ0) is 5.98. The molecule has 2 radical (unpaired) electrons. The molecular formula is C6H4BiCl. The maximum absolute atomic E-state index is 5.66. The molecular weight excluding hydrogens is 316 g/mol. The van der Waals surface area contributed by atoms with E-state index in [9.17, 15) is 0 Å². The average Bonchev–Trinajstić information content (AvgIpc) is 1.64. The fraction of sp³-hybridized carbons (Fsp3) is 0. The van der Waals surface area contributed by atoms with E-state index in [0.29, 0.717) is 0 Å². The molecule has 0 bridgehead atoms. The second kappa shape index (κ2) is 2.80. The van der Waals surface area contributed by atoms with E-state index in [1.54, 1.807) is 0 Å². The van der Waals surface area contributed by atoms with Crippen LogP contribution >= 0.6 is 11.6 Å². The van der Waals surface area contributed by atoms with Crippen LogP contribution in [0.25, 0.3) is 0 Å². The topological polar surface area (TPSA) is 0 Å². The van der Waals surface area contributed by atoms with Crippen molar-refractivity contribution in [3.05, 3.63) is 29.3 Å². The summed E-state index contributed by atoms with van der Waals surface area (Å²) in [5.41, 5.74) is 0. The second-order valence-corrected chi connectivity index (χ2v) is 3.92. The Morgan fingerprint density at radius 3 is 2.50 bits per heavy atom. The molecule has 0 spiro atoms. The number of benzene rings is 1. The van der Waals surface area contributed by atoms with E-state index in [0.717, 1.165) is 5.02 Å². The van der Waals surface area contributed by atoms with Crippen LogP contribution in [0.2, 0.25) is 5.02 Å². The van der Waals surface area contributed by atoms with Crippen LogP contribution in [0.3, 0.4) is 0 Å². The molecule has 0 amide bonds. The van der Waals surface area contributed by atoms with Gasteiger partial charge >= 0.3 is 68.9 Å². The average molecular weight is 321 g/mol. The van der Waals surface area contributed by atoms with Gasteiger partial charge in [0.2, 0.25) is 0 Å². The molecule has 0 heterocycles. The molecule has 40 valence electrons. The van der Waals surface area contributed by atoms with Gasteiger partial charge in [-0.3, -0.25) is 0 Å². The van der Waals surface area contributed by atoms with Crippen LogP contribution in [0.15, 0.2) is 24.3 Å². The summed E-state index contributed by atoms with van der Waals surface area (Å²) >= 11 is 6.94. The molecule has 0 aromatic heterocycles. The molecule has 0 unspecified atom stereocenters.